The summed E-state index contributed by atoms with van der Waals surface area (Å²) in [4.78, 5) is 16.2. The molecule has 0 spiro atoms. The molecular formula is C20H19F2N3O. The van der Waals surface area contributed by atoms with Crippen molar-refractivity contribution in [2.24, 2.45) is 0 Å². The normalized spacial score (nSPS) is 15.5. The average Bonchev–Trinajstić information content (AvgIpc) is 3.06. The molecule has 0 unspecified atom stereocenters. The number of ketones is 1. The highest BCUT2D eigenvalue weighted by Crippen LogP contribution is 2.39. The molecular weight excluding hydrogens is 336 g/mol. The highest BCUT2D eigenvalue weighted by Gasteiger charge is 2.26. The van der Waals surface area contributed by atoms with Crippen LogP contribution in [0.25, 0.3) is 16.8 Å². The van der Waals surface area contributed by atoms with Gasteiger partial charge in [0, 0.05) is 29.3 Å². The Hall–Kier alpha value is -2.63. The van der Waals surface area contributed by atoms with E-state index in [0.29, 0.717) is 22.3 Å². The number of benzene rings is 1. The lowest BCUT2D eigenvalue weighted by molar-refractivity contribution is 0.101. The number of hydrogen-bond donors (Lipinski definition) is 0. The molecule has 0 bridgehead atoms. The summed E-state index contributed by atoms with van der Waals surface area (Å²) in [6, 6.07) is 3.57. The number of hydrogen-bond acceptors (Lipinski definition) is 3. The number of rotatable bonds is 3. The molecule has 0 aliphatic heterocycles. The summed E-state index contributed by atoms with van der Waals surface area (Å²) in [7, 11) is 0. The minimum atomic E-state index is -0.623. The fourth-order valence-corrected chi connectivity index (χ4v) is 3.88. The quantitative estimate of drug-likeness (QED) is 0.626. The van der Waals surface area contributed by atoms with Crippen LogP contribution in [0.5, 0.6) is 0 Å². The number of carbonyl (C=O) groups excluding carboxylic acids is 1. The summed E-state index contributed by atoms with van der Waals surface area (Å²) in [5, 5.41) is 4.39. The molecule has 134 valence electrons. The third-order valence-corrected chi connectivity index (χ3v) is 5.16. The molecule has 1 aliphatic carbocycles. The first-order valence-corrected chi connectivity index (χ1v) is 8.89. The minimum absolute atomic E-state index is 0.109. The molecule has 0 atom stereocenters. The van der Waals surface area contributed by atoms with E-state index < -0.39 is 11.6 Å². The highest BCUT2D eigenvalue weighted by atomic mass is 19.1. The molecule has 0 radical (unpaired) electrons. The largest absolute Gasteiger partial charge is 0.294 e. The predicted octanol–water partition coefficient (Wildman–Crippen LogP) is 4.92. The third-order valence-electron chi connectivity index (χ3n) is 5.16. The molecule has 0 saturated heterocycles. The van der Waals surface area contributed by atoms with Crippen LogP contribution in [-0.2, 0) is 0 Å². The maximum absolute atomic E-state index is 14.5. The maximum atomic E-state index is 14.5. The topological polar surface area (TPSA) is 47.3 Å². The van der Waals surface area contributed by atoms with E-state index in [4.69, 9.17) is 0 Å². The summed E-state index contributed by atoms with van der Waals surface area (Å²) in [6.07, 6.45) is 8.43. The van der Waals surface area contributed by atoms with E-state index in [-0.39, 0.29) is 11.7 Å². The first kappa shape index (κ1) is 16.8. The number of halogens is 2. The Morgan fingerprint density at radius 3 is 2.58 bits per heavy atom. The predicted molar refractivity (Wildman–Crippen MR) is 94.2 cm³/mol. The van der Waals surface area contributed by atoms with E-state index in [2.05, 4.69) is 10.1 Å². The van der Waals surface area contributed by atoms with Crippen molar-refractivity contribution in [1.82, 2.24) is 14.6 Å². The van der Waals surface area contributed by atoms with Gasteiger partial charge in [0.25, 0.3) is 0 Å². The molecule has 1 saturated carbocycles. The second-order valence-corrected chi connectivity index (χ2v) is 6.87. The zero-order valence-electron chi connectivity index (χ0n) is 14.5. The smallest absolute Gasteiger partial charge is 0.166 e. The zero-order valence-corrected chi connectivity index (χ0v) is 14.5. The Bertz CT molecular complexity index is 990. The van der Waals surface area contributed by atoms with Crippen LogP contribution in [0.4, 0.5) is 8.78 Å². The van der Waals surface area contributed by atoms with Crippen LogP contribution in [0.15, 0.2) is 30.6 Å². The Kier molecular flexibility index (Phi) is 4.26. The number of carbonyl (C=O) groups is 1. The summed E-state index contributed by atoms with van der Waals surface area (Å²) in [5.41, 5.74) is 2.71. The van der Waals surface area contributed by atoms with Gasteiger partial charge in [0.1, 0.15) is 11.6 Å². The number of nitrogens with zero attached hydrogens (tertiary/aromatic N) is 3. The summed E-state index contributed by atoms with van der Waals surface area (Å²) >= 11 is 0. The molecule has 2 heterocycles. The monoisotopic (exact) mass is 355 g/mol. The summed E-state index contributed by atoms with van der Waals surface area (Å²) in [5.74, 6) is -1.14. The maximum Gasteiger partial charge on any atom is 0.166 e. The van der Waals surface area contributed by atoms with E-state index >= 15 is 0 Å². The average molecular weight is 355 g/mol. The SMILES string of the molecule is CC(=O)c1cnn2c(C3CCCCC3)c(-c3ccc(F)cc3F)cnc12. The summed E-state index contributed by atoms with van der Waals surface area (Å²) in [6.45, 7) is 1.48. The Morgan fingerprint density at radius 2 is 1.88 bits per heavy atom. The van der Waals surface area contributed by atoms with E-state index in [9.17, 15) is 13.6 Å². The van der Waals surface area contributed by atoms with Crippen LogP contribution < -0.4 is 0 Å². The highest BCUT2D eigenvalue weighted by molar-refractivity contribution is 5.99. The molecule has 3 aromatic rings. The van der Waals surface area contributed by atoms with Crippen LogP contribution in [-0.4, -0.2) is 20.4 Å². The zero-order chi connectivity index (χ0) is 18.3. The van der Waals surface area contributed by atoms with Gasteiger partial charge in [-0.3, -0.25) is 4.79 Å². The lowest BCUT2D eigenvalue weighted by atomic mass is 9.84. The van der Waals surface area contributed by atoms with Crippen molar-refractivity contribution in [3.63, 3.8) is 0 Å². The third kappa shape index (κ3) is 2.79. The Balaban J connectivity index is 1.98. The van der Waals surface area contributed by atoms with Crippen LogP contribution in [0.2, 0.25) is 0 Å². The first-order valence-electron chi connectivity index (χ1n) is 8.89. The summed E-state index contributed by atoms with van der Waals surface area (Å²) < 4.78 is 29.5. The van der Waals surface area contributed by atoms with Gasteiger partial charge in [0.05, 0.1) is 17.5 Å². The van der Waals surface area contributed by atoms with Crippen molar-refractivity contribution in [3.05, 3.63) is 53.5 Å². The van der Waals surface area contributed by atoms with Crippen LogP contribution in [0.1, 0.15) is 61.0 Å². The van der Waals surface area contributed by atoms with Gasteiger partial charge < -0.3 is 0 Å². The van der Waals surface area contributed by atoms with Gasteiger partial charge in [-0.25, -0.2) is 18.3 Å². The van der Waals surface area contributed by atoms with Crippen molar-refractivity contribution < 1.29 is 13.6 Å². The number of fused-ring (bicyclic) bond motifs is 1. The van der Waals surface area contributed by atoms with Crippen molar-refractivity contribution in [2.75, 3.05) is 0 Å². The van der Waals surface area contributed by atoms with E-state index in [1.165, 1.54) is 31.7 Å². The lowest BCUT2D eigenvalue weighted by Crippen LogP contribution is -2.13. The van der Waals surface area contributed by atoms with E-state index in [1.807, 2.05) is 0 Å². The molecule has 0 N–H and O–H groups in total. The number of aromatic nitrogens is 3. The molecule has 0 amide bonds. The Labute approximate surface area is 149 Å². The van der Waals surface area contributed by atoms with Crippen LogP contribution in [0, 0.1) is 11.6 Å². The van der Waals surface area contributed by atoms with Gasteiger partial charge in [-0.15, -0.1) is 0 Å². The van der Waals surface area contributed by atoms with Gasteiger partial charge in [-0.1, -0.05) is 19.3 Å². The van der Waals surface area contributed by atoms with Crippen molar-refractivity contribution in [1.29, 1.82) is 0 Å². The van der Waals surface area contributed by atoms with Crippen LogP contribution >= 0.6 is 0 Å². The molecule has 1 aliphatic rings. The molecule has 6 heteroatoms. The molecule has 2 aromatic heterocycles. The van der Waals surface area contributed by atoms with Crippen molar-refractivity contribution in [3.8, 4) is 11.1 Å². The van der Waals surface area contributed by atoms with E-state index in [0.717, 1.165) is 37.4 Å². The van der Waals surface area contributed by atoms with Crippen molar-refractivity contribution in [2.45, 2.75) is 44.9 Å². The van der Waals surface area contributed by atoms with Gasteiger partial charge in [-0.2, -0.15) is 5.10 Å². The minimum Gasteiger partial charge on any atom is -0.294 e. The fraction of sp³-hybridized carbons (Fsp3) is 0.350. The van der Waals surface area contributed by atoms with E-state index in [1.54, 1.807) is 10.7 Å². The van der Waals surface area contributed by atoms with Gasteiger partial charge >= 0.3 is 0 Å². The fourth-order valence-electron chi connectivity index (χ4n) is 3.88. The molecule has 1 fully saturated rings. The first-order chi connectivity index (χ1) is 12.6. The second-order valence-electron chi connectivity index (χ2n) is 6.87. The molecule has 26 heavy (non-hydrogen) atoms. The van der Waals surface area contributed by atoms with Gasteiger partial charge in [0.2, 0.25) is 0 Å². The van der Waals surface area contributed by atoms with Gasteiger partial charge in [0.15, 0.2) is 11.4 Å². The second kappa shape index (κ2) is 6.59. The standard InChI is InChI=1S/C20H19F2N3O/c1-12(26)16-11-24-25-19(13-5-3-2-4-6-13)17(10-23-20(16)25)15-8-7-14(21)9-18(15)22/h7-11,13H,2-6H2,1H3. The molecule has 4 rings (SSSR count). The molecule has 1 aromatic carbocycles. The lowest BCUT2D eigenvalue weighted by Gasteiger charge is -2.25. The van der Waals surface area contributed by atoms with Gasteiger partial charge in [-0.05, 0) is 31.9 Å². The Morgan fingerprint density at radius 1 is 1.12 bits per heavy atom. The number of Topliss-reactive ketones (excluding diaryl/α,β-unsaturated/α-hetero) is 1. The van der Waals surface area contributed by atoms with Crippen LogP contribution in [0.3, 0.4) is 0 Å². The molecule has 4 nitrogen and oxygen atoms in total. The van der Waals surface area contributed by atoms with Crippen molar-refractivity contribution >= 4 is 11.4 Å².